The molecule has 1 aromatic rings. The number of ether oxygens (including phenoxy) is 1. The van der Waals surface area contributed by atoms with Crippen LogP contribution in [0.4, 0.5) is 0 Å². The highest BCUT2D eigenvalue weighted by molar-refractivity contribution is 7.10. The minimum absolute atomic E-state index is 0.160. The van der Waals surface area contributed by atoms with Gasteiger partial charge in [0.25, 0.3) is 0 Å². The van der Waals surface area contributed by atoms with Gasteiger partial charge >= 0.3 is 0 Å². The van der Waals surface area contributed by atoms with Crippen LogP contribution < -0.4 is 0 Å². The quantitative estimate of drug-likeness (QED) is 0.722. The number of Topliss-reactive ketones (excluding diaryl/α,β-unsaturated/α-hetero) is 1. The Morgan fingerprint density at radius 3 is 3.00 bits per heavy atom. The zero-order valence-electron chi connectivity index (χ0n) is 9.16. The Labute approximate surface area is 94.3 Å². The number of carbonyl (C=O) groups is 1. The van der Waals surface area contributed by atoms with E-state index in [0.29, 0.717) is 11.7 Å². The normalized spacial score (nSPS) is 26.5. The average molecular weight is 224 g/mol. The van der Waals surface area contributed by atoms with Gasteiger partial charge in [-0.05, 0) is 25.3 Å². The molecule has 0 amide bonds. The van der Waals surface area contributed by atoms with E-state index in [-0.39, 0.29) is 5.92 Å². The van der Waals surface area contributed by atoms with Gasteiger partial charge in [0.15, 0.2) is 5.78 Å². The first kappa shape index (κ1) is 10.8. The van der Waals surface area contributed by atoms with Crippen LogP contribution >= 0.6 is 11.3 Å². The molecule has 0 N–H and O–H groups in total. The molecule has 0 spiro atoms. The Balaban J connectivity index is 2.13. The van der Waals surface area contributed by atoms with E-state index in [0.717, 1.165) is 25.2 Å². The van der Waals surface area contributed by atoms with Gasteiger partial charge < -0.3 is 4.74 Å². The minimum atomic E-state index is 0.160. The molecule has 2 heterocycles. The zero-order valence-corrected chi connectivity index (χ0v) is 9.97. The molecule has 1 saturated heterocycles. The second-order valence-corrected chi connectivity index (χ2v) is 5.37. The first-order chi connectivity index (χ1) is 7.18. The van der Waals surface area contributed by atoms with Gasteiger partial charge in [-0.1, -0.05) is 6.92 Å². The van der Waals surface area contributed by atoms with Crippen LogP contribution in [0, 0.1) is 18.8 Å². The maximum Gasteiger partial charge on any atom is 0.167 e. The fourth-order valence-electron chi connectivity index (χ4n) is 2.06. The van der Waals surface area contributed by atoms with Gasteiger partial charge in [-0.25, -0.2) is 0 Å². The minimum Gasteiger partial charge on any atom is -0.381 e. The van der Waals surface area contributed by atoms with Crippen molar-refractivity contribution in [1.82, 2.24) is 0 Å². The highest BCUT2D eigenvalue weighted by Gasteiger charge is 2.29. The predicted octanol–water partition coefficient (Wildman–Crippen LogP) is 2.91. The molecule has 3 heteroatoms. The molecule has 2 unspecified atom stereocenters. The van der Waals surface area contributed by atoms with Gasteiger partial charge in [0, 0.05) is 35.0 Å². The molecule has 82 valence electrons. The number of hydrogen-bond donors (Lipinski definition) is 0. The molecule has 1 aliphatic rings. The van der Waals surface area contributed by atoms with Gasteiger partial charge in [0.1, 0.15) is 0 Å². The number of carbonyl (C=O) groups excluding carboxylic acids is 1. The molecule has 1 aromatic heterocycles. The van der Waals surface area contributed by atoms with Crippen LogP contribution in [0.2, 0.25) is 0 Å². The molecule has 0 bridgehead atoms. The van der Waals surface area contributed by atoms with E-state index in [9.17, 15) is 4.79 Å². The van der Waals surface area contributed by atoms with E-state index in [2.05, 4.69) is 6.92 Å². The third kappa shape index (κ3) is 2.29. The van der Waals surface area contributed by atoms with Crippen molar-refractivity contribution < 1.29 is 9.53 Å². The molecule has 1 aliphatic heterocycles. The Bertz CT molecular complexity index is 356. The summed E-state index contributed by atoms with van der Waals surface area (Å²) in [4.78, 5) is 13.4. The van der Waals surface area contributed by atoms with E-state index in [4.69, 9.17) is 4.74 Å². The molecular weight excluding hydrogens is 208 g/mol. The second-order valence-electron chi connectivity index (χ2n) is 4.26. The topological polar surface area (TPSA) is 26.3 Å². The Kier molecular flexibility index (Phi) is 3.22. The second kappa shape index (κ2) is 4.45. The van der Waals surface area contributed by atoms with Gasteiger partial charge in [-0.3, -0.25) is 4.79 Å². The molecule has 15 heavy (non-hydrogen) atoms. The Hall–Kier alpha value is -0.670. The van der Waals surface area contributed by atoms with Crippen LogP contribution in [0.1, 0.15) is 28.6 Å². The van der Waals surface area contributed by atoms with Gasteiger partial charge in [0.2, 0.25) is 0 Å². The van der Waals surface area contributed by atoms with Gasteiger partial charge in [-0.2, -0.15) is 0 Å². The number of hydrogen-bond acceptors (Lipinski definition) is 3. The summed E-state index contributed by atoms with van der Waals surface area (Å²) in [6, 6.07) is 2.00. The molecule has 2 rings (SSSR count). The monoisotopic (exact) mass is 224 g/mol. The summed E-state index contributed by atoms with van der Waals surface area (Å²) in [5, 5.41) is 1.97. The number of thiophene rings is 1. The zero-order chi connectivity index (χ0) is 10.8. The highest BCUT2D eigenvalue weighted by Crippen LogP contribution is 2.27. The fourth-order valence-corrected chi connectivity index (χ4v) is 2.75. The van der Waals surface area contributed by atoms with E-state index in [1.165, 1.54) is 4.88 Å². The molecule has 0 saturated carbocycles. The summed E-state index contributed by atoms with van der Waals surface area (Å²) < 4.78 is 5.35. The summed E-state index contributed by atoms with van der Waals surface area (Å²) >= 11 is 1.65. The number of rotatable bonds is 2. The summed E-state index contributed by atoms with van der Waals surface area (Å²) in [5.74, 6) is 0.814. The standard InChI is InChI=1S/C12H16O2S/c1-8-6-14-4-3-11(8)12(13)10-5-9(2)15-7-10/h5,7-8,11H,3-4,6H2,1-2H3. The molecule has 1 fully saturated rings. The van der Waals surface area contributed by atoms with E-state index in [1.807, 2.05) is 18.4 Å². The highest BCUT2D eigenvalue weighted by atomic mass is 32.1. The maximum absolute atomic E-state index is 12.2. The Morgan fingerprint density at radius 2 is 2.40 bits per heavy atom. The average Bonchev–Trinajstić information content (AvgIpc) is 2.65. The predicted molar refractivity (Wildman–Crippen MR) is 61.5 cm³/mol. The lowest BCUT2D eigenvalue weighted by atomic mass is 9.84. The molecule has 0 aromatic carbocycles. The van der Waals surface area contributed by atoms with Crippen molar-refractivity contribution >= 4 is 17.1 Å². The first-order valence-electron chi connectivity index (χ1n) is 5.35. The van der Waals surface area contributed by atoms with Crippen molar-refractivity contribution in [3.05, 3.63) is 21.9 Å². The fraction of sp³-hybridized carbons (Fsp3) is 0.583. The van der Waals surface area contributed by atoms with Gasteiger partial charge in [-0.15, -0.1) is 11.3 Å². The summed E-state index contributed by atoms with van der Waals surface area (Å²) in [5.41, 5.74) is 0.885. The smallest absolute Gasteiger partial charge is 0.167 e. The third-order valence-corrected chi connectivity index (χ3v) is 3.85. The van der Waals surface area contributed by atoms with E-state index in [1.54, 1.807) is 11.3 Å². The number of aryl methyl sites for hydroxylation is 1. The van der Waals surface area contributed by atoms with Crippen LogP contribution in [0.3, 0.4) is 0 Å². The lowest BCUT2D eigenvalue weighted by molar-refractivity contribution is 0.0241. The van der Waals surface area contributed by atoms with E-state index >= 15 is 0 Å². The maximum atomic E-state index is 12.2. The summed E-state index contributed by atoms with van der Waals surface area (Å²) in [7, 11) is 0. The van der Waals surface area contributed by atoms with Crippen molar-refractivity contribution in [2.24, 2.45) is 11.8 Å². The SMILES string of the molecule is Cc1cc(C(=O)C2CCOCC2C)cs1. The van der Waals surface area contributed by atoms with Crippen LogP contribution in [-0.4, -0.2) is 19.0 Å². The van der Waals surface area contributed by atoms with Crippen molar-refractivity contribution in [2.75, 3.05) is 13.2 Å². The number of ketones is 1. The van der Waals surface area contributed by atoms with Crippen LogP contribution in [0.5, 0.6) is 0 Å². The van der Waals surface area contributed by atoms with Crippen molar-refractivity contribution in [1.29, 1.82) is 0 Å². The third-order valence-electron chi connectivity index (χ3n) is 2.99. The van der Waals surface area contributed by atoms with E-state index < -0.39 is 0 Å². The molecule has 0 radical (unpaired) electrons. The summed E-state index contributed by atoms with van der Waals surface area (Å²) in [6.45, 7) is 5.58. The van der Waals surface area contributed by atoms with Crippen molar-refractivity contribution in [3.63, 3.8) is 0 Å². The lowest BCUT2D eigenvalue weighted by Gasteiger charge is -2.27. The molecule has 0 aliphatic carbocycles. The lowest BCUT2D eigenvalue weighted by Crippen LogP contribution is -2.31. The largest absolute Gasteiger partial charge is 0.381 e. The van der Waals surface area contributed by atoms with Crippen molar-refractivity contribution in [2.45, 2.75) is 20.3 Å². The summed E-state index contributed by atoms with van der Waals surface area (Å²) in [6.07, 6.45) is 0.870. The van der Waals surface area contributed by atoms with Crippen LogP contribution in [0.15, 0.2) is 11.4 Å². The Morgan fingerprint density at radius 1 is 1.60 bits per heavy atom. The molecule has 2 nitrogen and oxygen atoms in total. The first-order valence-corrected chi connectivity index (χ1v) is 6.23. The van der Waals surface area contributed by atoms with Crippen LogP contribution in [0.25, 0.3) is 0 Å². The molecule has 2 atom stereocenters. The molecular formula is C12H16O2S. The van der Waals surface area contributed by atoms with Gasteiger partial charge in [0.05, 0.1) is 0 Å². The van der Waals surface area contributed by atoms with Crippen molar-refractivity contribution in [3.8, 4) is 0 Å². The van der Waals surface area contributed by atoms with Crippen LogP contribution in [-0.2, 0) is 4.74 Å².